The van der Waals surface area contributed by atoms with Crippen LogP contribution in [0.25, 0.3) is 11.0 Å². The molecule has 1 aromatic carbocycles. The molecule has 2 aromatic rings. The van der Waals surface area contributed by atoms with Crippen molar-refractivity contribution in [1.82, 2.24) is 9.97 Å². The minimum atomic E-state index is -0.879. The first-order chi connectivity index (χ1) is 10.8. The number of anilines is 1. The van der Waals surface area contributed by atoms with E-state index in [1.54, 1.807) is 0 Å². The number of para-hydroxylation sites is 2. The Morgan fingerprint density at radius 1 is 0.909 bits per heavy atom. The average molecular weight is 291 g/mol. The van der Waals surface area contributed by atoms with Crippen LogP contribution >= 0.6 is 0 Å². The van der Waals surface area contributed by atoms with E-state index in [-0.39, 0.29) is 0 Å². The molecule has 5 nitrogen and oxygen atoms in total. The van der Waals surface area contributed by atoms with Gasteiger partial charge in [-0.25, -0.2) is 9.97 Å². The van der Waals surface area contributed by atoms with Crippen LogP contribution in [0.4, 0.5) is 5.82 Å². The van der Waals surface area contributed by atoms with Gasteiger partial charge in [0.2, 0.25) is 0 Å². The van der Waals surface area contributed by atoms with Gasteiger partial charge in [-0.15, -0.1) is 0 Å². The maximum absolute atomic E-state index is 9.27. The van der Waals surface area contributed by atoms with Crippen molar-refractivity contribution in [3.8, 4) is 12.1 Å². The third-order valence-electron chi connectivity index (χ3n) is 4.02. The standard InChI is InChI=1S/C17H17N5/c18-11-13(12-19)16-17(22-9-5-1-2-6-10-22)21-15-8-4-3-7-14(15)20-16/h3-4,7-8,13H,1-2,5-6,9-10H2. The van der Waals surface area contributed by atoms with E-state index in [1.807, 2.05) is 36.4 Å². The highest BCUT2D eigenvalue weighted by Crippen LogP contribution is 2.28. The molecule has 1 aliphatic heterocycles. The van der Waals surface area contributed by atoms with Crippen LogP contribution in [0.3, 0.4) is 0 Å². The first-order valence-electron chi connectivity index (χ1n) is 7.64. The van der Waals surface area contributed by atoms with Gasteiger partial charge in [0.1, 0.15) is 5.69 Å². The maximum Gasteiger partial charge on any atom is 0.178 e. The third-order valence-corrected chi connectivity index (χ3v) is 4.02. The van der Waals surface area contributed by atoms with Gasteiger partial charge in [-0.1, -0.05) is 25.0 Å². The van der Waals surface area contributed by atoms with Crippen LogP contribution in [-0.2, 0) is 0 Å². The molecule has 0 radical (unpaired) electrons. The Balaban J connectivity index is 2.14. The van der Waals surface area contributed by atoms with Gasteiger partial charge >= 0.3 is 0 Å². The van der Waals surface area contributed by atoms with Gasteiger partial charge in [0.15, 0.2) is 11.7 Å². The number of rotatable bonds is 2. The molecular weight excluding hydrogens is 274 g/mol. The second kappa shape index (κ2) is 6.41. The molecule has 1 saturated heterocycles. The molecule has 0 N–H and O–H groups in total. The molecule has 3 rings (SSSR count). The largest absolute Gasteiger partial charge is 0.355 e. The Bertz CT molecular complexity index is 734. The van der Waals surface area contributed by atoms with Crippen molar-refractivity contribution >= 4 is 16.9 Å². The molecule has 1 fully saturated rings. The van der Waals surface area contributed by atoms with Crippen LogP contribution in [0.1, 0.15) is 37.3 Å². The molecule has 5 heteroatoms. The lowest BCUT2D eigenvalue weighted by Gasteiger charge is -2.24. The van der Waals surface area contributed by atoms with Crippen LogP contribution in [0.15, 0.2) is 24.3 Å². The smallest absolute Gasteiger partial charge is 0.178 e. The summed E-state index contributed by atoms with van der Waals surface area (Å²) in [6.45, 7) is 1.81. The molecule has 2 heterocycles. The molecule has 0 aliphatic carbocycles. The molecular formula is C17H17N5. The van der Waals surface area contributed by atoms with Crippen molar-refractivity contribution in [3.05, 3.63) is 30.0 Å². The van der Waals surface area contributed by atoms with Gasteiger partial charge in [0.25, 0.3) is 0 Å². The molecule has 1 aromatic heterocycles. The second-order valence-electron chi connectivity index (χ2n) is 5.51. The maximum atomic E-state index is 9.27. The van der Waals surface area contributed by atoms with Crippen LogP contribution < -0.4 is 4.90 Å². The summed E-state index contributed by atoms with van der Waals surface area (Å²) in [6, 6.07) is 11.7. The quantitative estimate of drug-likeness (QED) is 0.849. The predicted octanol–water partition coefficient (Wildman–Crippen LogP) is 3.14. The zero-order chi connectivity index (χ0) is 15.4. The lowest BCUT2D eigenvalue weighted by molar-refractivity contribution is 0.726. The van der Waals surface area contributed by atoms with Crippen molar-refractivity contribution in [2.45, 2.75) is 31.6 Å². The van der Waals surface area contributed by atoms with E-state index in [0.29, 0.717) is 11.5 Å². The molecule has 0 atom stereocenters. The second-order valence-corrected chi connectivity index (χ2v) is 5.51. The van der Waals surface area contributed by atoms with Crippen LogP contribution in [0.5, 0.6) is 0 Å². The van der Waals surface area contributed by atoms with Gasteiger partial charge in [0.05, 0.1) is 23.2 Å². The van der Waals surface area contributed by atoms with Crippen LogP contribution in [-0.4, -0.2) is 23.1 Å². The van der Waals surface area contributed by atoms with Crippen molar-refractivity contribution in [2.75, 3.05) is 18.0 Å². The van der Waals surface area contributed by atoms with E-state index in [9.17, 15) is 10.5 Å². The van der Waals surface area contributed by atoms with Gasteiger partial charge in [0, 0.05) is 13.1 Å². The average Bonchev–Trinajstić information content (AvgIpc) is 2.84. The van der Waals surface area contributed by atoms with Gasteiger partial charge in [-0.05, 0) is 25.0 Å². The molecule has 22 heavy (non-hydrogen) atoms. The van der Waals surface area contributed by atoms with E-state index >= 15 is 0 Å². The fraction of sp³-hybridized carbons (Fsp3) is 0.412. The number of aromatic nitrogens is 2. The summed E-state index contributed by atoms with van der Waals surface area (Å²) in [5, 5.41) is 18.5. The van der Waals surface area contributed by atoms with E-state index < -0.39 is 5.92 Å². The van der Waals surface area contributed by atoms with E-state index in [1.165, 1.54) is 12.8 Å². The zero-order valence-corrected chi connectivity index (χ0v) is 12.4. The Morgan fingerprint density at radius 3 is 2.09 bits per heavy atom. The first kappa shape index (κ1) is 14.3. The van der Waals surface area contributed by atoms with Crippen molar-refractivity contribution in [1.29, 1.82) is 10.5 Å². The normalized spacial score (nSPS) is 15.3. The van der Waals surface area contributed by atoms with E-state index in [0.717, 1.165) is 37.0 Å². The third kappa shape index (κ3) is 2.71. The Hall–Kier alpha value is -2.66. The minimum absolute atomic E-state index is 0.491. The minimum Gasteiger partial charge on any atom is -0.355 e. The molecule has 0 bridgehead atoms. The van der Waals surface area contributed by atoms with Gasteiger partial charge in [-0.2, -0.15) is 10.5 Å². The van der Waals surface area contributed by atoms with Crippen LogP contribution in [0, 0.1) is 22.7 Å². The summed E-state index contributed by atoms with van der Waals surface area (Å²) < 4.78 is 0. The number of fused-ring (bicyclic) bond motifs is 1. The Morgan fingerprint density at radius 2 is 1.50 bits per heavy atom. The van der Waals surface area contributed by atoms with E-state index in [4.69, 9.17) is 4.98 Å². The summed E-state index contributed by atoms with van der Waals surface area (Å²) in [4.78, 5) is 11.5. The summed E-state index contributed by atoms with van der Waals surface area (Å²) >= 11 is 0. The molecule has 0 spiro atoms. The Kier molecular flexibility index (Phi) is 4.16. The number of hydrogen-bond donors (Lipinski definition) is 0. The van der Waals surface area contributed by atoms with Gasteiger partial charge in [-0.3, -0.25) is 0 Å². The summed E-state index contributed by atoms with van der Waals surface area (Å²) in [5.41, 5.74) is 2.03. The lowest BCUT2D eigenvalue weighted by atomic mass is 10.1. The number of nitriles is 2. The molecule has 1 aliphatic rings. The molecule has 0 unspecified atom stereocenters. The topological polar surface area (TPSA) is 76.6 Å². The number of nitrogens with zero attached hydrogens (tertiary/aromatic N) is 5. The SMILES string of the molecule is N#CC(C#N)c1nc2ccccc2nc1N1CCCCCC1. The summed E-state index contributed by atoms with van der Waals surface area (Å²) in [6.07, 6.45) is 4.65. The Labute approximate surface area is 129 Å². The lowest BCUT2D eigenvalue weighted by Crippen LogP contribution is -2.27. The van der Waals surface area contributed by atoms with Crippen molar-refractivity contribution < 1.29 is 0 Å². The monoisotopic (exact) mass is 291 g/mol. The number of benzene rings is 1. The highest BCUT2D eigenvalue weighted by atomic mass is 15.2. The molecule has 110 valence electrons. The highest BCUT2D eigenvalue weighted by molar-refractivity contribution is 5.77. The molecule has 0 amide bonds. The summed E-state index contributed by atoms with van der Waals surface area (Å²) in [5.74, 6) is -0.177. The molecule has 0 saturated carbocycles. The predicted molar refractivity (Wildman–Crippen MR) is 84.2 cm³/mol. The fourth-order valence-corrected chi connectivity index (χ4v) is 2.86. The van der Waals surface area contributed by atoms with Crippen molar-refractivity contribution in [3.63, 3.8) is 0 Å². The van der Waals surface area contributed by atoms with Crippen LogP contribution in [0.2, 0.25) is 0 Å². The highest BCUT2D eigenvalue weighted by Gasteiger charge is 2.23. The van der Waals surface area contributed by atoms with Crippen molar-refractivity contribution in [2.24, 2.45) is 0 Å². The van der Waals surface area contributed by atoms with E-state index in [2.05, 4.69) is 9.88 Å². The summed E-state index contributed by atoms with van der Waals surface area (Å²) in [7, 11) is 0. The zero-order valence-electron chi connectivity index (χ0n) is 12.4. The first-order valence-corrected chi connectivity index (χ1v) is 7.64. The van der Waals surface area contributed by atoms with Gasteiger partial charge < -0.3 is 4.90 Å². The fourth-order valence-electron chi connectivity index (χ4n) is 2.86. The number of hydrogen-bond acceptors (Lipinski definition) is 5.